The molecule has 0 radical (unpaired) electrons. The fourth-order valence-electron chi connectivity index (χ4n) is 3.69. The number of likely N-dealkylation sites (tertiary alicyclic amines) is 1. The summed E-state index contributed by atoms with van der Waals surface area (Å²) in [5.41, 5.74) is 0. The molecule has 0 aliphatic carbocycles. The molecule has 3 aliphatic rings. The molecule has 3 heterocycles. The third-order valence-electron chi connectivity index (χ3n) is 5.27. The summed E-state index contributed by atoms with van der Waals surface area (Å²) in [6, 6.07) is 0.0298. The number of carbonyl (C=O) groups is 3. The van der Waals surface area contributed by atoms with E-state index in [0.717, 1.165) is 0 Å². The number of piperazine rings is 1. The molecule has 9 heteroatoms. The van der Waals surface area contributed by atoms with Gasteiger partial charge in [0.2, 0.25) is 11.8 Å². The van der Waals surface area contributed by atoms with Crippen LogP contribution in [0, 0.1) is 5.92 Å². The normalized spacial score (nSPS) is 24.3. The zero-order chi connectivity index (χ0) is 18.5. The fraction of sp³-hybridized carbons (Fsp3) is 0.824. The van der Waals surface area contributed by atoms with Crippen molar-refractivity contribution in [2.45, 2.75) is 6.42 Å². The zero-order valence-electron chi connectivity index (χ0n) is 15.4. The first kappa shape index (κ1) is 18.9. The first-order valence-corrected chi connectivity index (χ1v) is 9.27. The predicted octanol–water partition coefficient (Wildman–Crippen LogP) is -0.922. The molecule has 3 fully saturated rings. The lowest BCUT2D eigenvalue weighted by Crippen LogP contribution is -2.56. The SMILES string of the molecule is COCCN1CC(C(=O)N2CCN(C(=O)N3CCOCC3)CC2)CC1=O. The van der Waals surface area contributed by atoms with Crippen molar-refractivity contribution in [3.05, 3.63) is 0 Å². The van der Waals surface area contributed by atoms with Gasteiger partial charge in [0, 0.05) is 65.9 Å². The van der Waals surface area contributed by atoms with Crippen molar-refractivity contribution in [2.24, 2.45) is 5.92 Å². The Morgan fingerprint density at radius 1 is 1.04 bits per heavy atom. The monoisotopic (exact) mass is 368 g/mol. The van der Waals surface area contributed by atoms with E-state index in [1.165, 1.54) is 0 Å². The van der Waals surface area contributed by atoms with Crippen molar-refractivity contribution < 1.29 is 23.9 Å². The maximum absolute atomic E-state index is 12.7. The number of methoxy groups -OCH3 is 1. The fourth-order valence-corrected chi connectivity index (χ4v) is 3.69. The van der Waals surface area contributed by atoms with Gasteiger partial charge in [-0.05, 0) is 0 Å². The van der Waals surface area contributed by atoms with Crippen LogP contribution < -0.4 is 0 Å². The van der Waals surface area contributed by atoms with Gasteiger partial charge >= 0.3 is 6.03 Å². The molecule has 0 spiro atoms. The Balaban J connectivity index is 1.46. The largest absolute Gasteiger partial charge is 0.383 e. The molecule has 3 saturated heterocycles. The van der Waals surface area contributed by atoms with Crippen molar-refractivity contribution in [1.82, 2.24) is 19.6 Å². The summed E-state index contributed by atoms with van der Waals surface area (Å²) >= 11 is 0. The quantitative estimate of drug-likeness (QED) is 0.641. The summed E-state index contributed by atoms with van der Waals surface area (Å²) in [7, 11) is 1.60. The van der Waals surface area contributed by atoms with Crippen LogP contribution >= 0.6 is 0 Å². The summed E-state index contributed by atoms with van der Waals surface area (Å²) in [6.07, 6.45) is 0.273. The van der Waals surface area contributed by atoms with E-state index in [0.29, 0.717) is 72.2 Å². The van der Waals surface area contributed by atoms with Gasteiger partial charge in [0.1, 0.15) is 0 Å². The second kappa shape index (κ2) is 8.68. The molecule has 0 aromatic rings. The van der Waals surface area contributed by atoms with Crippen LogP contribution in [-0.2, 0) is 19.1 Å². The molecule has 3 aliphatic heterocycles. The van der Waals surface area contributed by atoms with E-state index >= 15 is 0 Å². The summed E-state index contributed by atoms with van der Waals surface area (Å²) < 4.78 is 10.3. The summed E-state index contributed by atoms with van der Waals surface area (Å²) in [6.45, 7) is 6.02. The average molecular weight is 368 g/mol. The smallest absolute Gasteiger partial charge is 0.320 e. The van der Waals surface area contributed by atoms with Gasteiger partial charge in [-0.25, -0.2) is 4.79 Å². The van der Waals surface area contributed by atoms with E-state index in [4.69, 9.17) is 9.47 Å². The Morgan fingerprint density at radius 2 is 1.65 bits per heavy atom. The molecular formula is C17H28N4O5. The van der Waals surface area contributed by atoms with E-state index in [1.807, 2.05) is 4.90 Å². The van der Waals surface area contributed by atoms with Crippen molar-refractivity contribution in [2.75, 3.05) is 79.3 Å². The number of nitrogens with zero attached hydrogens (tertiary/aromatic N) is 4. The predicted molar refractivity (Wildman–Crippen MR) is 92.5 cm³/mol. The molecule has 0 bridgehead atoms. The van der Waals surface area contributed by atoms with E-state index in [-0.39, 0.29) is 30.2 Å². The minimum Gasteiger partial charge on any atom is -0.383 e. The van der Waals surface area contributed by atoms with Crippen LogP contribution in [0.25, 0.3) is 0 Å². The van der Waals surface area contributed by atoms with Crippen molar-refractivity contribution in [3.63, 3.8) is 0 Å². The third-order valence-corrected chi connectivity index (χ3v) is 5.27. The van der Waals surface area contributed by atoms with Gasteiger partial charge < -0.3 is 29.1 Å². The van der Waals surface area contributed by atoms with Crippen LogP contribution in [0.3, 0.4) is 0 Å². The maximum Gasteiger partial charge on any atom is 0.320 e. The standard InChI is InChI=1S/C17H28N4O5/c1-25-9-6-21-13-14(12-15(21)22)16(23)18-2-4-19(5-3-18)17(24)20-7-10-26-11-8-20/h14H,2-13H2,1H3. The first-order valence-electron chi connectivity index (χ1n) is 9.27. The molecule has 9 nitrogen and oxygen atoms in total. The van der Waals surface area contributed by atoms with Crippen LogP contribution in [0.15, 0.2) is 0 Å². The van der Waals surface area contributed by atoms with Crippen LogP contribution in [0.1, 0.15) is 6.42 Å². The molecule has 0 saturated carbocycles. The number of hydrogen-bond acceptors (Lipinski definition) is 5. The summed E-state index contributed by atoms with van der Waals surface area (Å²) in [4.78, 5) is 44.4. The Hall–Kier alpha value is -1.87. The second-order valence-electron chi connectivity index (χ2n) is 6.93. The highest BCUT2D eigenvalue weighted by atomic mass is 16.5. The summed E-state index contributed by atoms with van der Waals surface area (Å²) in [5, 5.41) is 0. The second-order valence-corrected chi connectivity index (χ2v) is 6.93. The van der Waals surface area contributed by atoms with E-state index in [9.17, 15) is 14.4 Å². The molecule has 0 N–H and O–H groups in total. The lowest BCUT2D eigenvalue weighted by atomic mass is 10.1. The number of hydrogen-bond donors (Lipinski definition) is 0. The molecule has 3 rings (SSSR count). The molecule has 26 heavy (non-hydrogen) atoms. The van der Waals surface area contributed by atoms with Gasteiger partial charge in [-0.1, -0.05) is 0 Å². The topological polar surface area (TPSA) is 82.6 Å². The van der Waals surface area contributed by atoms with Crippen LogP contribution in [-0.4, -0.2) is 117 Å². The highest BCUT2D eigenvalue weighted by Gasteiger charge is 2.37. The van der Waals surface area contributed by atoms with E-state index in [2.05, 4.69) is 0 Å². The van der Waals surface area contributed by atoms with Gasteiger partial charge in [0.25, 0.3) is 0 Å². The lowest BCUT2D eigenvalue weighted by Gasteiger charge is -2.39. The van der Waals surface area contributed by atoms with Gasteiger partial charge in [-0.15, -0.1) is 0 Å². The van der Waals surface area contributed by atoms with Gasteiger partial charge in [0.05, 0.1) is 25.7 Å². The zero-order valence-corrected chi connectivity index (χ0v) is 15.4. The number of amides is 4. The number of ether oxygens (including phenoxy) is 2. The molecular weight excluding hydrogens is 340 g/mol. The Morgan fingerprint density at radius 3 is 2.31 bits per heavy atom. The summed E-state index contributed by atoms with van der Waals surface area (Å²) in [5.74, 6) is -0.237. The number of rotatable bonds is 4. The minimum atomic E-state index is -0.277. The van der Waals surface area contributed by atoms with Gasteiger partial charge in [-0.2, -0.15) is 0 Å². The van der Waals surface area contributed by atoms with E-state index < -0.39 is 0 Å². The Bertz CT molecular complexity index is 529. The highest BCUT2D eigenvalue weighted by Crippen LogP contribution is 2.21. The van der Waals surface area contributed by atoms with Gasteiger partial charge in [0.15, 0.2) is 0 Å². The van der Waals surface area contributed by atoms with E-state index in [1.54, 1.807) is 21.8 Å². The first-order chi connectivity index (χ1) is 12.6. The van der Waals surface area contributed by atoms with Crippen LogP contribution in [0.2, 0.25) is 0 Å². The molecule has 146 valence electrons. The highest BCUT2D eigenvalue weighted by molar-refractivity contribution is 5.89. The molecule has 1 atom stereocenters. The maximum atomic E-state index is 12.7. The Labute approximate surface area is 153 Å². The van der Waals surface area contributed by atoms with Crippen molar-refractivity contribution in [1.29, 1.82) is 0 Å². The van der Waals surface area contributed by atoms with Crippen molar-refractivity contribution >= 4 is 17.8 Å². The molecule has 4 amide bonds. The molecule has 0 aromatic heterocycles. The number of morpholine rings is 1. The number of carbonyl (C=O) groups excluding carboxylic acids is 3. The third kappa shape index (κ3) is 4.27. The lowest BCUT2D eigenvalue weighted by molar-refractivity contribution is -0.137. The van der Waals surface area contributed by atoms with Crippen LogP contribution in [0.5, 0.6) is 0 Å². The Kier molecular flexibility index (Phi) is 6.31. The number of urea groups is 1. The van der Waals surface area contributed by atoms with Gasteiger partial charge in [-0.3, -0.25) is 9.59 Å². The minimum absolute atomic E-state index is 0.0153. The van der Waals surface area contributed by atoms with Crippen molar-refractivity contribution in [3.8, 4) is 0 Å². The molecule has 1 unspecified atom stereocenters. The van der Waals surface area contributed by atoms with Crippen LogP contribution in [0.4, 0.5) is 4.79 Å². The molecule has 0 aromatic carbocycles. The average Bonchev–Trinajstić information content (AvgIpc) is 3.06.